The van der Waals surface area contributed by atoms with Crippen molar-refractivity contribution in [2.24, 2.45) is 0 Å². The Balaban J connectivity index is 2.21. The van der Waals surface area contributed by atoms with Crippen molar-refractivity contribution in [1.29, 1.82) is 0 Å². The molecule has 1 atom stereocenters. The Kier molecular flexibility index (Phi) is 3.23. The summed E-state index contributed by atoms with van der Waals surface area (Å²) in [6.07, 6.45) is 2.71. The Hall–Kier alpha value is -2.96. The number of hydrogen-bond donors (Lipinski definition) is 1. The van der Waals surface area contributed by atoms with E-state index in [-0.39, 0.29) is 5.56 Å². The summed E-state index contributed by atoms with van der Waals surface area (Å²) >= 11 is 0. The Bertz CT molecular complexity index is 838. The van der Waals surface area contributed by atoms with Crippen LogP contribution in [0.25, 0.3) is 11.0 Å². The van der Waals surface area contributed by atoms with Crippen LogP contribution < -0.4 is 5.56 Å². The molecule has 3 aromatic rings. The van der Waals surface area contributed by atoms with E-state index in [1.165, 1.54) is 24.2 Å². The van der Waals surface area contributed by atoms with Crippen molar-refractivity contribution in [2.75, 3.05) is 7.11 Å². The highest BCUT2D eigenvalue weighted by Crippen LogP contribution is 2.18. The molecule has 0 unspecified atom stereocenters. The molecule has 2 heterocycles. The molecule has 0 radical (unpaired) electrons. The fourth-order valence-electron chi connectivity index (χ4n) is 2.19. The van der Waals surface area contributed by atoms with Crippen LogP contribution in [0.15, 0.2) is 47.7 Å². The molecule has 0 saturated heterocycles. The minimum atomic E-state index is -0.879. The van der Waals surface area contributed by atoms with Crippen molar-refractivity contribution >= 4 is 17.0 Å². The summed E-state index contributed by atoms with van der Waals surface area (Å²) in [5, 5.41) is 6.72. The van der Waals surface area contributed by atoms with Crippen molar-refractivity contribution in [3.8, 4) is 0 Å². The molecule has 0 amide bonds. The molecule has 1 aromatic carbocycles. The molecule has 0 aliphatic carbocycles. The van der Waals surface area contributed by atoms with Gasteiger partial charge in [-0.15, -0.1) is 0 Å². The molecule has 0 fully saturated rings. The number of carbonyl (C=O) groups is 1. The van der Waals surface area contributed by atoms with E-state index in [4.69, 9.17) is 4.74 Å². The molecule has 1 N–H and O–H groups in total. The largest absolute Gasteiger partial charge is 0.467 e. The predicted octanol–water partition coefficient (Wildman–Crippen LogP) is 0.882. The lowest BCUT2D eigenvalue weighted by molar-refractivity contribution is -0.143. The number of esters is 1. The number of aromatic amines is 1. The van der Waals surface area contributed by atoms with Gasteiger partial charge in [-0.05, 0) is 5.56 Å². The minimum Gasteiger partial charge on any atom is -0.467 e. The van der Waals surface area contributed by atoms with Gasteiger partial charge in [0.15, 0.2) is 11.7 Å². The second kappa shape index (κ2) is 5.20. The summed E-state index contributed by atoms with van der Waals surface area (Å²) in [5.41, 5.74) is 0.678. The predicted molar refractivity (Wildman–Crippen MR) is 74.7 cm³/mol. The maximum Gasteiger partial charge on any atom is 0.333 e. The zero-order chi connectivity index (χ0) is 14.8. The Morgan fingerprint density at radius 1 is 1.33 bits per heavy atom. The average Bonchev–Trinajstić information content (AvgIpc) is 3.00. The Labute approximate surface area is 119 Å². The Morgan fingerprint density at radius 2 is 2.10 bits per heavy atom. The van der Waals surface area contributed by atoms with E-state index >= 15 is 0 Å². The molecular formula is C14H12N4O3. The maximum absolute atomic E-state index is 12.5. The number of rotatable bonds is 3. The molecule has 0 aliphatic heterocycles. The molecule has 0 aliphatic rings. The van der Waals surface area contributed by atoms with Gasteiger partial charge in [-0.25, -0.2) is 9.78 Å². The molecule has 0 bridgehead atoms. The van der Waals surface area contributed by atoms with Crippen LogP contribution in [0, 0.1) is 0 Å². The van der Waals surface area contributed by atoms with Crippen LogP contribution in [-0.4, -0.2) is 32.8 Å². The van der Waals surface area contributed by atoms with E-state index in [0.717, 1.165) is 0 Å². The number of benzene rings is 1. The first kappa shape index (κ1) is 13.0. The van der Waals surface area contributed by atoms with Crippen molar-refractivity contribution in [1.82, 2.24) is 19.7 Å². The van der Waals surface area contributed by atoms with Gasteiger partial charge in [0, 0.05) is 0 Å². The van der Waals surface area contributed by atoms with Crippen LogP contribution >= 0.6 is 0 Å². The number of hydrogen-bond acceptors (Lipinski definition) is 5. The number of fused-ring (bicyclic) bond motifs is 1. The third kappa shape index (κ3) is 2.18. The van der Waals surface area contributed by atoms with Crippen LogP contribution in [0.3, 0.4) is 0 Å². The number of nitrogens with one attached hydrogen (secondary N) is 1. The molecular weight excluding hydrogens is 272 g/mol. The molecule has 0 spiro atoms. The summed E-state index contributed by atoms with van der Waals surface area (Å²) in [5.74, 6) is -0.534. The van der Waals surface area contributed by atoms with Gasteiger partial charge in [0.1, 0.15) is 11.7 Å². The van der Waals surface area contributed by atoms with Gasteiger partial charge in [-0.2, -0.15) is 5.10 Å². The molecule has 7 nitrogen and oxygen atoms in total. The lowest BCUT2D eigenvalue weighted by Gasteiger charge is -2.17. The van der Waals surface area contributed by atoms with E-state index < -0.39 is 12.0 Å². The first-order valence-corrected chi connectivity index (χ1v) is 6.25. The number of nitrogens with zero attached hydrogens (tertiary/aromatic N) is 3. The van der Waals surface area contributed by atoms with Gasteiger partial charge in [0.25, 0.3) is 5.56 Å². The molecule has 7 heteroatoms. The quantitative estimate of drug-likeness (QED) is 0.721. The van der Waals surface area contributed by atoms with Crippen molar-refractivity contribution in [3.05, 3.63) is 58.8 Å². The third-order valence-electron chi connectivity index (χ3n) is 3.21. The summed E-state index contributed by atoms with van der Waals surface area (Å²) in [7, 11) is 1.28. The first-order valence-electron chi connectivity index (χ1n) is 6.25. The second-order valence-corrected chi connectivity index (χ2v) is 4.43. The van der Waals surface area contributed by atoms with Gasteiger partial charge in [-0.3, -0.25) is 14.5 Å². The molecule has 21 heavy (non-hydrogen) atoms. The highest BCUT2D eigenvalue weighted by atomic mass is 16.5. The van der Waals surface area contributed by atoms with Gasteiger partial charge in [-0.1, -0.05) is 30.3 Å². The number of ether oxygens (including phenoxy) is 1. The molecule has 0 saturated carbocycles. The third-order valence-corrected chi connectivity index (χ3v) is 3.21. The average molecular weight is 284 g/mol. The highest BCUT2D eigenvalue weighted by Gasteiger charge is 2.25. The highest BCUT2D eigenvalue weighted by molar-refractivity contribution is 5.79. The molecule has 3 rings (SSSR count). The van der Waals surface area contributed by atoms with Crippen molar-refractivity contribution in [3.63, 3.8) is 0 Å². The fraction of sp³-hybridized carbons (Fsp3) is 0.143. The summed E-state index contributed by atoms with van der Waals surface area (Å²) < 4.78 is 6.07. The zero-order valence-electron chi connectivity index (χ0n) is 11.2. The molecule has 2 aromatic heterocycles. The lowest BCUT2D eigenvalue weighted by atomic mass is 10.1. The van der Waals surface area contributed by atoms with Crippen molar-refractivity contribution < 1.29 is 9.53 Å². The van der Waals surface area contributed by atoms with Gasteiger partial charge in [0.05, 0.1) is 13.3 Å². The topological polar surface area (TPSA) is 89.9 Å². The summed E-state index contributed by atoms with van der Waals surface area (Å²) in [6.45, 7) is 0. The van der Waals surface area contributed by atoms with E-state index in [0.29, 0.717) is 16.6 Å². The Morgan fingerprint density at radius 3 is 2.81 bits per heavy atom. The number of carbonyl (C=O) groups excluding carboxylic acids is 1. The summed E-state index contributed by atoms with van der Waals surface area (Å²) in [4.78, 5) is 28.7. The monoisotopic (exact) mass is 284 g/mol. The SMILES string of the molecule is COC(=O)[C@H](c1ccccc1)n1cnc2[nH]ncc2c1=O. The number of methoxy groups -OCH3 is 1. The standard InChI is InChI=1S/C14H12N4O3/c1-21-14(20)11(9-5-3-2-4-6-9)18-8-15-12-10(13(18)19)7-16-17-12/h2-8,11H,1H3,(H,16,17)/t11-/m0/s1. The van der Waals surface area contributed by atoms with Crippen LogP contribution in [0.1, 0.15) is 11.6 Å². The smallest absolute Gasteiger partial charge is 0.333 e. The summed E-state index contributed by atoms with van der Waals surface area (Å²) in [6, 6.07) is 8.05. The van der Waals surface area contributed by atoms with E-state index in [1.54, 1.807) is 24.3 Å². The van der Waals surface area contributed by atoms with E-state index in [2.05, 4.69) is 15.2 Å². The molecule has 106 valence electrons. The zero-order valence-corrected chi connectivity index (χ0v) is 11.2. The van der Waals surface area contributed by atoms with E-state index in [1.807, 2.05) is 6.07 Å². The van der Waals surface area contributed by atoms with Crippen LogP contribution in [0.5, 0.6) is 0 Å². The minimum absolute atomic E-state index is 0.322. The maximum atomic E-state index is 12.5. The van der Waals surface area contributed by atoms with E-state index in [9.17, 15) is 9.59 Å². The van der Waals surface area contributed by atoms with Gasteiger partial charge < -0.3 is 4.74 Å². The second-order valence-electron chi connectivity index (χ2n) is 4.43. The number of H-pyrrole nitrogens is 1. The lowest BCUT2D eigenvalue weighted by Crippen LogP contribution is -2.31. The van der Waals surface area contributed by atoms with Crippen LogP contribution in [-0.2, 0) is 9.53 Å². The van der Waals surface area contributed by atoms with Crippen molar-refractivity contribution in [2.45, 2.75) is 6.04 Å². The van der Waals surface area contributed by atoms with Crippen LogP contribution in [0.2, 0.25) is 0 Å². The van der Waals surface area contributed by atoms with Crippen LogP contribution in [0.4, 0.5) is 0 Å². The number of aromatic nitrogens is 4. The van der Waals surface area contributed by atoms with Gasteiger partial charge >= 0.3 is 5.97 Å². The normalized spacial score (nSPS) is 12.2. The first-order chi connectivity index (χ1) is 10.2. The fourth-order valence-corrected chi connectivity index (χ4v) is 2.19. The van der Waals surface area contributed by atoms with Gasteiger partial charge in [0.2, 0.25) is 0 Å².